The largest absolute Gasteiger partial charge is 0.485 e. The highest BCUT2D eigenvalue weighted by molar-refractivity contribution is 7.19. The van der Waals surface area contributed by atoms with Gasteiger partial charge in [0.15, 0.2) is 11.7 Å². The van der Waals surface area contributed by atoms with Gasteiger partial charge in [-0.25, -0.2) is 4.98 Å². The van der Waals surface area contributed by atoms with Crippen LogP contribution in [0.25, 0.3) is 21.7 Å². The van der Waals surface area contributed by atoms with Gasteiger partial charge in [0.25, 0.3) is 5.91 Å². The van der Waals surface area contributed by atoms with Crippen molar-refractivity contribution in [2.24, 2.45) is 0 Å². The van der Waals surface area contributed by atoms with Gasteiger partial charge in [-0.15, -0.1) is 0 Å². The van der Waals surface area contributed by atoms with E-state index in [9.17, 15) is 4.79 Å². The van der Waals surface area contributed by atoms with Crippen molar-refractivity contribution in [1.29, 1.82) is 0 Å². The smallest absolute Gasteiger partial charge is 0.261 e. The summed E-state index contributed by atoms with van der Waals surface area (Å²) in [4.78, 5) is 23.0. The summed E-state index contributed by atoms with van der Waals surface area (Å²) in [6.07, 6.45) is 0. The Hall–Kier alpha value is -4.30. The normalized spacial score (nSPS) is 10.7. The fourth-order valence-corrected chi connectivity index (χ4v) is 4.43. The third-order valence-electron chi connectivity index (χ3n) is 4.99. The molecule has 5 rings (SSSR count). The summed E-state index contributed by atoms with van der Waals surface area (Å²) in [5, 5.41) is 7.27. The monoisotopic (exact) mass is 468 g/mol. The quantitative estimate of drug-likeness (QED) is 0.315. The summed E-state index contributed by atoms with van der Waals surface area (Å²) in [6.45, 7) is 1.80. The lowest BCUT2D eigenvalue weighted by Gasteiger charge is -2.09. The first-order valence-electron chi connectivity index (χ1n) is 10.6. The number of hydrogen-bond donors (Lipinski definition) is 1. The zero-order valence-electron chi connectivity index (χ0n) is 18.3. The molecule has 0 radical (unpaired) electrons. The van der Waals surface area contributed by atoms with Crippen molar-refractivity contribution in [1.82, 2.24) is 15.1 Å². The van der Waals surface area contributed by atoms with E-state index in [4.69, 9.17) is 14.2 Å². The fourth-order valence-electron chi connectivity index (χ4n) is 3.44. The highest BCUT2D eigenvalue weighted by Gasteiger charge is 2.19. The van der Waals surface area contributed by atoms with E-state index >= 15 is 0 Å². The highest BCUT2D eigenvalue weighted by Crippen LogP contribution is 2.39. The van der Waals surface area contributed by atoms with Crippen molar-refractivity contribution in [3.63, 3.8) is 0 Å². The van der Waals surface area contributed by atoms with Crippen LogP contribution in [0.1, 0.15) is 22.1 Å². The van der Waals surface area contributed by atoms with Crippen molar-refractivity contribution in [2.75, 3.05) is 5.32 Å². The van der Waals surface area contributed by atoms with E-state index in [0.29, 0.717) is 28.2 Å². The number of aryl methyl sites for hydroxylation is 1. The van der Waals surface area contributed by atoms with E-state index in [1.807, 2.05) is 60.7 Å². The zero-order valence-corrected chi connectivity index (χ0v) is 19.1. The molecule has 1 N–H and O–H groups in total. The minimum Gasteiger partial charge on any atom is -0.485 e. The van der Waals surface area contributed by atoms with Crippen LogP contribution in [-0.4, -0.2) is 21.0 Å². The molecule has 5 aromatic rings. The van der Waals surface area contributed by atoms with Crippen molar-refractivity contribution >= 4 is 22.4 Å². The Morgan fingerprint density at radius 3 is 2.29 bits per heavy atom. The van der Waals surface area contributed by atoms with Gasteiger partial charge in [0.2, 0.25) is 11.7 Å². The summed E-state index contributed by atoms with van der Waals surface area (Å²) in [5.41, 5.74) is 3.24. The first kappa shape index (κ1) is 21.5. The van der Waals surface area contributed by atoms with E-state index in [1.165, 1.54) is 11.3 Å². The molecule has 0 bridgehead atoms. The number of anilines is 1. The third kappa shape index (κ3) is 4.72. The van der Waals surface area contributed by atoms with Gasteiger partial charge in [0, 0.05) is 12.5 Å². The average molecular weight is 469 g/mol. The second kappa shape index (κ2) is 9.68. The van der Waals surface area contributed by atoms with Gasteiger partial charge in [0.1, 0.15) is 5.75 Å². The number of nitrogens with one attached hydrogen (secondary N) is 1. The van der Waals surface area contributed by atoms with Gasteiger partial charge in [-0.05, 0) is 17.7 Å². The molecule has 0 atom stereocenters. The number of para-hydroxylation sites is 1. The van der Waals surface area contributed by atoms with Gasteiger partial charge in [-0.3, -0.25) is 10.1 Å². The molecule has 0 aliphatic carbocycles. The number of thiazole rings is 1. The summed E-state index contributed by atoms with van der Waals surface area (Å²) in [7, 11) is 0. The summed E-state index contributed by atoms with van der Waals surface area (Å²) in [5.74, 6) is 0.975. The summed E-state index contributed by atoms with van der Waals surface area (Å²) in [6, 6.07) is 27.0. The number of hydrogen-bond acceptors (Lipinski definition) is 7. The van der Waals surface area contributed by atoms with Crippen molar-refractivity contribution < 1.29 is 14.1 Å². The molecule has 0 aliphatic heterocycles. The third-order valence-corrected chi connectivity index (χ3v) is 6.01. The lowest BCUT2D eigenvalue weighted by molar-refractivity contribution is 0.102. The van der Waals surface area contributed by atoms with Crippen LogP contribution in [0.5, 0.6) is 5.75 Å². The van der Waals surface area contributed by atoms with E-state index in [1.54, 1.807) is 31.2 Å². The lowest BCUT2D eigenvalue weighted by atomic mass is 10.1. The number of rotatable bonds is 7. The van der Waals surface area contributed by atoms with E-state index in [2.05, 4.69) is 15.5 Å². The van der Waals surface area contributed by atoms with Crippen molar-refractivity contribution in [3.8, 4) is 27.4 Å². The molecule has 2 heterocycles. The maximum Gasteiger partial charge on any atom is 0.261 e. The summed E-state index contributed by atoms with van der Waals surface area (Å²) >= 11 is 1.43. The second-order valence-corrected chi connectivity index (χ2v) is 8.40. The number of benzene rings is 3. The van der Waals surface area contributed by atoms with E-state index < -0.39 is 0 Å². The number of carbonyl (C=O) groups excluding carboxylic acids is 1. The average Bonchev–Trinajstić information content (AvgIpc) is 3.50. The molecule has 7 nitrogen and oxygen atoms in total. The number of aromatic nitrogens is 3. The second-order valence-electron chi connectivity index (χ2n) is 7.40. The predicted molar refractivity (Wildman–Crippen MR) is 131 cm³/mol. The van der Waals surface area contributed by atoms with Crippen molar-refractivity contribution in [2.45, 2.75) is 13.5 Å². The Kier molecular flexibility index (Phi) is 6.13. The molecule has 2 aromatic heterocycles. The van der Waals surface area contributed by atoms with E-state index in [0.717, 1.165) is 21.7 Å². The minimum atomic E-state index is -0.312. The number of ether oxygens (including phenoxy) is 1. The fraction of sp³-hybridized carbons (Fsp3) is 0.0769. The topological polar surface area (TPSA) is 90.1 Å². The molecule has 8 heteroatoms. The van der Waals surface area contributed by atoms with Crippen LogP contribution >= 0.6 is 11.3 Å². The van der Waals surface area contributed by atoms with Crippen LogP contribution in [0.4, 0.5) is 5.13 Å². The molecule has 1 amide bonds. The number of amides is 1. The van der Waals surface area contributed by atoms with Crippen LogP contribution in [-0.2, 0) is 6.61 Å². The van der Waals surface area contributed by atoms with Crippen LogP contribution in [0.2, 0.25) is 0 Å². The van der Waals surface area contributed by atoms with Crippen LogP contribution in [0, 0.1) is 6.92 Å². The number of nitrogens with zero attached hydrogens (tertiary/aromatic N) is 3. The molecule has 0 unspecified atom stereocenters. The highest BCUT2D eigenvalue weighted by atomic mass is 32.1. The Labute approximate surface area is 200 Å². The maximum atomic E-state index is 13.2. The molecular weight excluding hydrogens is 448 g/mol. The first-order chi connectivity index (χ1) is 16.7. The molecule has 168 valence electrons. The Bertz CT molecular complexity index is 1360. The molecule has 0 saturated heterocycles. The molecule has 0 spiro atoms. The molecule has 0 fully saturated rings. The first-order valence-corrected chi connectivity index (χ1v) is 11.4. The standard InChI is InChI=1S/C26H20N4O3S/c1-17-27-22(30-33-17)16-32-21-15-9-8-14-20(21)25(31)29-26-28-23(18-10-4-2-5-11-18)24(34-26)19-12-6-3-7-13-19/h2-15H,16H2,1H3,(H,28,29,31). The Morgan fingerprint density at radius 2 is 1.59 bits per heavy atom. The van der Waals surface area contributed by atoms with Gasteiger partial charge >= 0.3 is 0 Å². The Balaban J connectivity index is 1.42. The summed E-state index contributed by atoms with van der Waals surface area (Å²) < 4.78 is 10.8. The van der Waals surface area contributed by atoms with Gasteiger partial charge in [-0.1, -0.05) is 89.3 Å². The molecular formula is C26H20N4O3S. The molecule has 0 aliphatic rings. The maximum absolute atomic E-state index is 13.2. The van der Waals surface area contributed by atoms with Gasteiger partial charge in [0.05, 0.1) is 16.1 Å². The van der Waals surface area contributed by atoms with Crippen LogP contribution in [0.3, 0.4) is 0 Å². The van der Waals surface area contributed by atoms with Crippen LogP contribution < -0.4 is 10.1 Å². The SMILES string of the molecule is Cc1nc(COc2ccccc2C(=O)Nc2nc(-c3ccccc3)c(-c3ccccc3)s2)no1. The molecule has 34 heavy (non-hydrogen) atoms. The molecule has 0 saturated carbocycles. The predicted octanol–water partition coefficient (Wildman–Crippen LogP) is 6.00. The zero-order chi connectivity index (χ0) is 23.3. The van der Waals surface area contributed by atoms with E-state index in [-0.39, 0.29) is 12.5 Å². The Morgan fingerprint density at radius 1 is 0.912 bits per heavy atom. The van der Waals surface area contributed by atoms with Crippen molar-refractivity contribution in [3.05, 3.63) is 102 Å². The van der Waals surface area contributed by atoms with Gasteiger partial charge < -0.3 is 9.26 Å². The van der Waals surface area contributed by atoms with Crippen LogP contribution in [0.15, 0.2) is 89.5 Å². The number of carbonyl (C=O) groups is 1. The molecule has 3 aromatic carbocycles. The minimum absolute atomic E-state index is 0.0925. The van der Waals surface area contributed by atoms with Gasteiger partial charge in [-0.2, -0.15) is 4.98 Å². The lowest BCUT2D eigenvalue weighted by Crippen LogP contribution is -2.13.